The van der Waals surface area contributed by atoms with Crippen LogP contribution >= 0.6 is 0 Å². The van der Waals surface area contributed by atoms with Crippen LogP contribution in [0.5, 0.6) is 5.75 Å². The molecule has 8 nitrogen and oxygen atoms in total. The van der Waals surface area contributed by atoms with E-state index in [-0.39, 0.29) is 37.0 Å². The van der Waals surface area contributed by atoms with Crippen LogP contribution in [0.1, 0.15) is 69.8 Å². The van der Waals surface area contributed by atoms with Gasteiger partial charge in [-0.25, -0.2) is 4.99 Å². The van der Waals surface area contributed by atoms with Crippen molar-refractivity contribution in [3.8, 4) is 5.75 Å². The van der Waals surface area contributed by atoms with Crippen LogP contribution in [0.2, 0.25) is 0 Å². The summed E-state index contributed by atoms with van der Waals surface area (Å²) in [7, 11) is 1.59. The molecule has 2 N–H and O–H groups in total. The lowest BCUT2D eigenvalue weighted by Gasteiger charge is -2.29. The molecule has 1 aromatic carbocycles. The quantitative estimate of drug-likeness (QED) is 0.518. The van der Waals surface area contributed by atoms with Crippen molar-refractivity contribution in [2.45, 2.75) is 76.3 Å². The number of hydrogen-bond donors (Lipinski definition) is 2. The summed E-state index contributed by atoms with van der Waals surface area (Å²) in [5, 5.41) is 18.7. The van der Waals surface area contributed by atoms with E-state index in [9.17, 15) is 15.0 Å². The molecule has 1 amide bonds. The Morgan fingerprint density at radius 1 is 1.06 bits per heavy atom. The molecule has 1 saturated heterocycles. The molecule has 2 aliphatic carbocycles. The lowest BCUT2D eigenvalue weighted by molar-refractivity contribution is -0.124. The van der Waals surface area contributed by atoms with Gasteiger partial charge in [0, 0.05) is 36.4 Å². The Balaban J connectivity index is 1.62. The van der Waals surface area contributed by atoms with Crippen LogP contribution in [0.4, 0.5) is 5.69 Å². The number of benzene rings is 1. The van der Waals surface area contributed by atoms with Crippen LogP contribution in [-0.2, 0) is 9.53 Å². The molecule has 8 heteroatoms. The molecule has 4 rings (SSSR count). The number of aliphatic hydroxyl groups excluding tert-OH is 2. The summed E-state index contributed by atoms with van der Waals surface area (Å²) in [6.07, 6.45) is 12.9. The fourth-order valence-corrected chi connectivity index (χ4v) is 5.37. The molecular weight excluding hydrogens is 446 g/mol. The molecule has 3 aliphatic rings. The van der Waals surface area contributed by atoms with Gasteiger partial charge in [0.1, 0.15) is 5.75 Å². The lowest BCUT2D eigenvalue weighted by Crippen LogP contribution is -2.41. The Morgan fingerprint density at radius 3 is 2.34 bits per heavy atom. The summed E-state index contributed by atoms with van der Waals surface area (Å²) in [5.41, 5.74) is 1.56. The van der Waals surface area contributed by atoms with Crippen molar-refractivity contribution in [1.29, 1.82) is 0 Å². The van der Waals surface area contributed by atoms with Gasteiger partial charge in [-0.2, -0.15) is 0 Å². The number of carbonyl (C=O) groups is 1. The fourth-order valence-electron chi connectivity index (χ4n) is 5.37. The minimum absolute atomic E-state index is 0.0173. The zero-order chi connectivity index (χ0) is 24.6. The highest BCUT2D eigenvalue weighted by Gasteiger charge is 2.40. The van der Waals surface area contributed by atoms with Gasteiger partial charge in [0.05, 0.1) is 26.4 Å². The number of hydrogen-bond acceptors (Lipinski definition) is 7. The third-order valence-corrected chi connectivity index (χ3v) is 7.25. The highest BCUT2D eigenvalue weighted by atomic mass is 16.5. The van der Waals surface area contributed by atoms with Gasteiger partial charge in [-0.1, -0.05) is 38.5 Å². The average molecular weight is 486 g/mol. The van der Waals surface area contributed by atoms with Crippen LogP contribution in [0.3, 0.4) is 0 Å². The third kappa shape index (κ3) is 6.16. The van der Waals surface area contributed by atoms with Crippen molar-refractivity contribution in [2.24, 2.45) is 4.99 Å². The highest BCUT2D eigenvalue weighted by molar-refractivity contribution is 6.11. The van der Waals surface area contributed by atoms with Crippen LogP contribution in [0, 0.1) is 0 Å². The second-order valence-corrected chi connectivity index (χ2v) is 9.64. The number of methoxy groups -OCH3 is 1. The SMILES string of the molecule is COc1cc(N(CCO)CCO)ccc1/C=C1/O/C(=N\C2CCCCC2)N(C2CCCCC2)C1=O. The average Bonchev–Trinajstić information content (AvgIpc) is 3.19. The minimum atomic E-state index is -0.125. The van der Waals surface area contributed by atoms with E-state index in [1.165, 1.54) is 25.7 Å². The molecule has 0 unspecified atom stereocenters. The number of amidine groups is 1. The summed E-state index contributed by atoms with van der Waals surface area (Å²) >= 11 is 0. The maximum absolute atomic E-state index is 13.6. The molecular formula is C27H39N3O5. The number of rotatable bonds is 9. The maximum atomic E-state index is 13.6. The van der Waals surface area contributed by atoms with Gasteiger partial charge >= 0.3 is 6.02 Å². The van der Waals surface area contributed by atoms with Gasteiger partial charge < -0.3 is 24.6 Å². The summed E-state index contributed by atoms with van der Waals surface area (Å²) in [4.78, 5) is 22.2. The van der Waals surface area contributed by atoms with Gasteiger partial charge in [0.25, 0.3) is 5.91 Å². The van der Waals surface area contributed by atoms with Crippen LogP contribution in [-0.4, -0.2) is 72.5 Å². The Bertz CT molecular complexity index is 913. The highest BCUT2D eigenvalue weighted by Crippen LogP contribution is 2.33. The van der Waals surface area contributed by atoms with Crippen molar-refractivity contribution in [3.63, 3.8) is 0 Å². The first-order valence-electron chi connectivity index (χ1n) is 13.1. The topological polar surface area (TPSA) is 94.8 Å². The largest absolute Gasteiger partial charge is 0.496 e. The van der Waals surface area contributed by atoms with Gasteiger partial charge in [-0.15, -0.1) is 0 Å². The molecule has 0 aromatic heterocycles. The molecule has 192 valence electrons. The van der Waals surface area contributed by atoms with E-state index in [0.29, 0.717) is 24.9 Å². The summed E-state index contributed by atoms with van der Waals surface area (Å²) in [5.74, 6) is 0.743. The Morgan fingerprint density at radius 2 is 1.71 bits per heavy atom. The summed E-state index contributed by atoms with van der Waals surface area (Å²) < 4.78 is 11.8. The fraction of sp³-hybridized carbons (Fsp3) is 0.630. The molecule has 0 atom stereocenters. The number of carbonyl (C=O) groups excluding carboxylic acids is 1. The second kappa shape index (κ2) is 12.4. The van der Waals surface area contributed by atoms with Crippen LogP contribution < -0.4 is 9.64 Å². The van der Waals surface area contributed by atoms with E-state index in [4.69, 9.17) is 14.5 Å². The zero-order valence-electron chi connectivity index (χ0n) is 20.8. The molecule has 1 aromatic rings. The Kier molecular flexibility index (Phi) is 9.04. The number of aliphatic hydroxyl groups is 2. The third-order valence-electron chi connectivity index (χ3n) is 7.25. The molecule has 3 fully saturated rings. The Labute approximate surface area is 208 Å². The van der Waals surface area contributed by atoms with Gasteiger partial charge in [0.15, 0.2) is 5.76 Å². The maximum Gasteiger partial charge on any atom is 0.300 e. The number of ether oxygens (including phenoxy) is 2. The van der Waals surface area contributed by atoms with Crippen molar-refractivity contribution in [2.75, 3.05) is 38.3 Å². The van der Waals surface area contributed by atoms with Crippen molar-refractivity contribution in [3.05, 3.63) is 29.5 Å². The Hall–Kier alpha value is -2.58. The van der Waals surface area contributed by atoms with Crippen LogP contribution in [0.15, 0.2) is 29.0 Å². The van der Waals surface area contributed by atoms with Crippen molar-refractivity contribution in [1.82, 2.24) is 4.90 Å². The van der Waals surface area contributed by atoms with E-state index in [2.05, 4.69) is 0 Å². The normalized spacial score (nSPS) is 22.1. The molecule has 1 aliphatic heterocycles. The summed E-state index contributed by atoms with van der Waals surface area (Å²) in [6, 6.07) is 6.45. The van der Waals surface area contributed by atoms with E-state index in [0.717, 1.165) is 49.8 Å². The monoisotopic (exact) mass is 485 g/mol. The summed E-state index contributed by atoms with van der Waals surface area (Å²) in [6.45, 7) is 0.777. The van der Waals surface area contributed by atoms with Gasteiger partial charge in [0.2, 0.25) is 0 Å². The molecule has 0 radical (unpaired) electrons. The van der Waals surface area contributed by atoms with E-state index in [1.54, 1.807) is 13.2 Å². The molecule has 1 heterocycles. The van der Waals surface area contributed by atoms with Gasteiger partial charge in [-0.05, 0) is 43.9 Å². The van der Waals surface area contributed by atoms with E-state index in [1.807, 2.05) is 28.0 Å². The van der Waals surface area contributed by atoms with Gasteiger partial charge in [-0.3, -0.25) is 9.69 Å². The number of nitrogens with zero attached hydrogens (tertiary/aromatic N) is 3. The zero-order valence-corrected chi connectivity index (χ0v) is 20.8. The lowest BCUT2D eigenvalue weighted by atomic mass is 9.94. The first-order valence-corrected chi connectivity index (χ1v) is 13.1. The predicted molar refractivity (Wildman–Crippen MR) is 136 cm³/mol. The smallest absolute Gasteiger partial charge is 0.300 e. The first kappa shape index (κ1) is 25.5. The minimum Gasteiger partial charge on any atom is -0.496 e. The van der Waals surface area contributed by atoms with Crippen LogP contribution in [0.25, 0.3) is 6.08 Å². The second-order valence-electron chi connectivity index (χ2n) is 9.64. The number of aliphatic imine (C=N–C) groups is 1. The number of anilines is 1. The molecule has 35 heavy (non-hydrogen) atoms. The molecule has 0 bridgehead atoms. The van der Waals surface area contributed by atoms with E-state index < -0.39 is 0 Å². The first-order chi connectivity index (χ1) is 17.1. The van der Waals surface area contributed by atoms with Crippen molar-refractivity contribution < 1.29 is 24.5 Å². The standard InChI is InChI=1S/C27H39N3O5/c1-34-24-19-23(29(14-16-31)15-17-32)13-12-20(24)18-25-26(33)30(22-10-6-3-7-11-22)27(35-25)28-21-8-4-2-5-9-21/h12-13,18-19,21-22,31-32H,2-11,14-17H2,1H3/b25-18+,28-27-. The molecule has 0 spiro atoms. The van der Waals surface area contributed by atoms with Crippen molar-refractivity contribution >= 4 is 23.7 Å². The van der Waals surface area contributed by atoms with E-state index >= 15 is 0 Å². The molecule has 2 saturated carbocycles. The number of amides is 1. The predicted octanol–water partition coefficient (Wildman–Crippen LogP) is 3.71.